The molecule has 12 rings (SSSR count). The van der Waals surface area contributed by atoms with Gasteiger partial charge in [0.1, 0.15) is 0 Å². The number of thiophene rings is 1. The summed E-state index contributed by atoms with van der Waals surface area (Å²) in [4.78, 5) is 0. The zero-order chi connectivity index (χ0) is 37.5. The van der Waals surface area contributed by atoms with Crippen LogP contribution in [-0.2, 0) is 0 Å². The molecule has 266 valence electrons. The number of benzene rings is 9. The number of para-hydroxylation sites is 3. The van der Waals surface area contributed by atoms with Crippen LogP contribution in [0, 0.1) is 0 Å². The second-order valence-corrected chi connectivity index (χ2v) is 16.0. The summed E-state index contributed by atoms with van der Waals surface area (Å²) in [6.07, 6.45) is 0. The fourth-order valence-electron chi connectivity index (χ4n) is 9.11. The van der Waals surface area contributed by atoms with Crippen molar-refractivity contribution < 1.29 is 0 Å². The summed E-state index contributed by atoms with van der Waals surface area (Å²) in [7, 11) is 0. The molecule has 57 heavy (non-hydrogen) atoms. The summed E-state index contributed by atoms with van der Waals surface area (Å²) in [6, 6.07) is 75.7. The van der Waals surface area contributed by atoms with Crippen LogP contribution in [0.5, 0.6) is 0 Å². The van der Waals surface area contributed by atoms with Gasteiger partial charge < -0.3 is 9.13 Å². The fraction of sp³-hybridized carbons (Fsp3) is 0. The molecule has 0 unspecified atom stereocenters. The SMILES string of the molecule is c1ccc(-c2ccc(-n3c4ccccc4c4cc(-c5cc(-c6ccc7c(c6)c6ccccc6n7-c6ccccc6)c6c(c5)sc5ccccc56)ccc43)cc2)cc1. The minimum Gasteiger partial charge on any atom is -0.309 e. The van der Waals surface area contributed by atoms with Crippen LogP contribution in [0.25, 0.3) is 109 Å². The van der Waals surface area contributed by atoms with Crippen LogP contribution < -0.4 is 0 Å². The number of nitrogens with zero attached hydrogens (tertiary/aromatic N) is 2. The first-order chi connectivity index (χ1) is 28.3. The van der Waals surface area contributed by atoms with Crippen molar-refractivity contribution in [2.45, 2.75) is 0 Å². The largest absolute Gasteiger partial charge is 0.309 e. The molecule has 3 heterocycles. The number of fused-ring (bicyclic) bond motifs is 9. The van der Waals surface area contributed by atoms with Crippen LogP contribution in [0.2, 0.25) is 0 Å². The Bertz CT molecular complexity index is 3490. The monoisotopic (exact) mass is 742 g/mol. The van der Waals surface area contributed by atoms with Gasteiger partial charge in [0.25, 0.3) is 0 Å². The maximum atomic E-state index is 2.43. The van der Waals surface area contributed by atoms with E-state index >= 15 is 0 Å². The van der Waals surface area contributed by atoms with Gasteiger partial charge in [-0.05, 0) is 112 Å². The molecule has 0 saturated heterocycles. The van der Waals surface area contributed by atoms with E-state index in [4.69, 9.17) is 0 Å². The summed E-state index contributed by atoms with van der Waals surface area (Å²) in [5, 5.41) is 7.66. The predicted molar refractivity (Wildman–Crippen MR) is 244 cm³/mol. The average Bonchev–Trinajstić information content (AvgIpc) is 3.94. The molecule has 0 aliphatic heterocycles. The van der Waals surface area contributed by atoms with E-state index in [0.717, 1.165) is 5.69 Å². The highest BCUT2D eigenvalue weighted by atomic mass is 32.1. The lowest BCUT2D eigenvalue weighted by Gasteiger charge is -2.12. The molecule has 2 nitrogen and oxygen atoms in total. The first-order valence-electron chi connectivity index (χ1n) is 19.5. The molecule has 9 aromatic carbocycles. The van der Waals surface area contributed by atoms with Crippen molar-refractivity contribution in [3.8, 4) is 44.8 Å². The Morgan fingerprint density at radius 1 is 0.281 bits per heavy atom. The fourth-order valence-corrected chi connectivity index (χ4v) is 10.3. The van der Waals surface area contributed by atoms with Gasteiger partial charge in [-0.1, -0.05) is 127 Å². The van der Waals surface area contributed by atoms with E-state index in [1.165, 1.54) is 103 Å². The second kappa shape index (κ2) is 12.7. The smallest absolute Gasteiger partial charge is 0.0541 e. The lowest BCUT2D eigenvalue weighted by molar-refractivity contribution is 1.18. The third kappa shape index (κ3) is 5.03. The Morgan fingerprint density at radius 2 is 0.772 bits per heavy atom. The number of rotatable bonds is 5. The van der Waals surface area contributed by atoms with Gasteiger partial charge in [-0.25, -0.2) is 0 Å². The molecule has 12 aromatic rings. The van der Waals surface area contributed by atoms with E-state index < -0.39 is 0 Å². The first kappa shape index (κ1) is 32.1. The second-order valence-electron chi connectivity index (χ2n) is 14.9. The molecule has 0 fully saturated rings. The highest BCUT2D eigenvalue weighted by Gasteiger charge is 2.19. The normalized spacial score (nSPS) is 11.9. The van der Waals surface area contributed by atoms with E-state index in [1.54, 1.807) is 0 Å². The maximum Gasteiger partial charge on any atom is 0.0541 e. The molecular formula is C54H34N2S. The Morgan fingerprint density at radius 3 is 1.46 bits per heavy atom. The van der Waals surface area contributed by atoms with Crippen molar-refractivity contribution in [3.05, 3.63) is 206 Å². The highest BCUT2D eigenvalue weighted by molar-refractivity contribution is 7.26. The molecule has 3 aromatic heterocycles. The molecular weight excluding hydrogens is 709 g/mol. The van der Waals surface area contributed by atoms with Gasteiger partial charge in [-0.2, -0.15) is 0 Å². The topological polar surface area (TPSA) is 9.86 Å². The summed E-state index contributed by atoms with van der Waals surface area (Å²) in [5.41, 5.74) is 14.6. The van der Waals surface area contributed by atoms with Crippen molar-refractivity contribution >= 4 is 75.1 Å². The van der Waals surface area contributed by atoms with Crippen LogP contribution in [0.15, 0.2) is 206 Å². The Balaban J connectivity index is 1.05. The van der Waals surface area contributed by atoms with E-state index in [2.05, 4.69) is 215 Å². The standard InChI is InChI=1S/C54H34N2S/c1-3-13-35(14-4-1)36-23-27-41(28-24-36)56-49-21-11-7-17-42(49)46-31-37(25-29-50(46)56)39-33-45(54-44-19-9-12-22-52(44)57-53(54)34-39)38-26-30-51-47(32-38)43-18-8-10-20-48(43)55(51)40-15-5-2-6-16-40/h1-34H. The number of hydrogen-bond donors (Lipinski definition) is 0. The average molecular weight is 743 g/mol. The minimum atomic E-state index is 1.16. The Hall–Kier alpha value is -7.20. The van der Waals surface area contributed by atoms with E-state index in [1.807, 2.05) is 11.3 Å². The molecule has 0 N–H and O–H groups in total. The van der Waals surface area contributed by atoms with Crippen molar-refractivity contribution in [2.24, 2.45) is 0 Å². The maximum absolute atomic E-state index is 2.43. The molecule has 0 aliphatic carbocycles. The molecule has 0 aliphatic rings. The van der Waals surface area contributed by atoms with Gasteiger partial charge in [-0.15, -0.1) is 11.3 Å². The van der Waals surface area contributed by atoms with Gasteiger partial charge in [0.2, 0.25) is 0 Å². The van der Waals surface area contributed by atoms with Gasteiger partial charge >= 0.3 is 0 Å². The van der Waals surface area contributed by atoms with Gasteiger partial charge in [-0.3, -0.25) is 0 Å². The predicted octanol–water partition coefficient (Wildman–Crippen LogP) is 15.2. The van der Waals surface area contributed by atoms with Crippen LogP contribution in [-0.4, -0.2) is 9.13 Å². The molecule has 3 heteroatoms. The molecule has 0 atom stereocenters. The van der Waals surface area contributed by atoms with E-state index in [9.17, 15) is 0 Å². The van der Waals surface area contributed by atoms with Crippen LogP contribution in [0.4, 0.5) is 0 Å². The van der Waals surface area contributed by atoms with Crippen LogP contribution >= 0.6 is 11.3 Å². The highest BCUT2D eigenvalue weighted by Crippen LogP contribution is 2.45. The Kier molecular flexibility index (Phi) is 7.13. The summed E-state index contributed by atoms with van der Waals surface area (Å²) in [6.45, 7) is 0. The van der Waals surface area contributed by atoms with E-state index in [0.29, 0.717) is 0 Å². The zero-order valence-electron chi connectivity index (χ0n) is 30.9. The number of hydrogen-bond acceptors (Lipinski definition) is 1. The Labute approximate surface area is 333 Å². The quantitative estimate of drug-likeness (QED) is 0.166. The van der Waals surface area contributed by atoms with E-state index in [-0.39, 0.29) is 0 Å². The van der Waals surface area contributed by atoms with Gasteiger partial charge in [0.15, 0.2) is 0 Å². The van der Waals surface area contributed by atoms with Crippen molar-refractivity contribution in [2.75, 3.05) is 0 Å². The zero-order valence-corrected chi connectivity index (χ0v) is 31.7. The summed E-state index contributed by atoms with van der Waals surface area (Å²) >= 11 is 1.89. The van der Waals surface area contributed by atoms with Crippen molar-refractivity contribution in [1.29, 1.82) is 0 Å². The lowest BCUT2D eigenvalue weighted by atomic mass is 9.93. The molecule has 0 bridgehead atoms. The van der Waals surface area contributed by atoms with Crippen LogP contribution in [0.1, 0.15) is 0 Å². The molecule has 0 spiro atoms. The molecule has 0 radical (unpaired) electrons. The van der Waals surface area contributed by atoms with Crippen molar-refractivity contribution in [3.63, 3.8) is 0 Å². The van der Waals surface area contributed by atoms with Crippen LogP contribution in [0.3, 0.4) is 0 Å². The summed E-state index contributed by atoms with van der Waals surface area (Å²) in [5.74, 6) is 0. The lowest BCUT2D eigenvalue weighted by Crippen LogP contribution is -1.93. The first-order valence-corrected chi connectivity index (χ1v) is 20.3. The van der Waals surface area contributed by atoms with Crippen molar-refractivity contribution in [1.82, 2.24) is 9.13 Å². The summed E-state index contributed by atoms with van der Waals surface area (Å²) < 4.78 is 7.41. The van der Waals surface area contributed by atoms with Gasteiger partial charge in [0, 0.05) is 53.1 Å². The number of aromatic nitrogens is 2. The third-order valence-corrected chi connectivity index (χ3v) is 12.8. The molecule has 0 amide bonds. The molecule has 0 saturated carbocycles. The van der Waals surface area contributed by atoms with Gasteiger partial charge in [0.05, 0.1) is 22.1 Å². The third-order valence-electron chi connectivity index (χ3n) is 11.7. The minimum absolute atomic E-state index is 1.16.